The van der Waals surface area contributed by atoms with Crippen molar-refractivity contribution in [1.82, 2.24) is 0 Å². The molecule has 0 aliphatic rings. The van der Waals surface area contributed by atoms with E-state index in [2.05, 4.69) is 15.9 Å². The van der Waals surface area contributed by atoms with Crippen LogP contribution in [0.2, 0.25) is 0 Å². The van der Waals surface area contributed by atoms with E-state index in [-0.39, 0.29) is 5.38 Å². The maximum atomic E-state index is 6.32. The molecular weight excluding hydrogens is 284 g/mol. The molecule has 1 nitrogen and oxygen atoms in total. The molecule has 14 heavy (non-hydrogen) atoms. The van der Waals surface area contributed by atoms with Crippen molar-refractivity contribution in [3.63, 3.8) is 0 Å². The van der Waals surface area contributed by atoms with Crippen LogP contribution in [0.4, 0.5) is 0 Å². The van der Waals surface area contributed by atoms with Crippen molar-refractivity contribution >= 4 is 38.9 Å². The van der Waals surface area contributed by atoms with Crippen molar-refractivity contribution in [1.29, 1.82) is 0 Å². The molecule has 0 aromatic carbocycles. The van der Waals surface area contributed by atoms with Crippen LogP contribution in [0.1, 0.15) is 21.6 Å². The van der Waals surface area contributed by atoms with E-state index in [1.807, 2.05) is 25.1 Å². The van der Waals surface area contributed by atoms with Crippen molar-refractivity contribution in [3.05, 3.63) is 44.4 Å². The van der Waals surface area contributed by atoms with E-state index in [1.54, 1.807) is 17.6 Å². The number of halogens is 2. The zero-order valence-corrected chi connectivity index (χ0v) is 10.6. The molecule has 0 amide bonds. The highest BCUT2D eigenvalue weighted by atomic mass is 79.9. The maximum Gasteiger partial charge on any atom is 0.105 e. The van der Waals surface area contributed by atoms with Gasteiger partial charge in [-0.05, 0) is 41.1 Å². The first-order chi connectivity index (χ1) is 6.68. The third-order valence-corrected chi connectivity index (χ3v) is 4.30. The van der Waals surface area contributed by atoms with Gasteiger partial charge >= 0.3 is 0 Å². The van der Waals surface area contributed by atoms with Gasteiger partial charge in [0.05, 0.1) is 15.4 Å². The summed E-state index contributed by atoms with van der Waals surface area (Å²) in [6.07, 6.45) is 1.67. The summed E-state index contributed by atoms with van der Waals surface area (Å²) >= 11 is 11.4. The van der Waals surface area contributed by atoms with E-state index < -0.39 is 0 Å². The molecule has 1 unspecified atom stereocenters. The quantitative estimate of drug-likeness (QED) is 0.728. The Morgan fingerprint density at radius 1 is 1.43 bits per heavy atom. The standard InChI is InChI=1S/C10H8BrClOS/c1-6-7(4-5-13-6)10(12)8-2-3-9(11)14-8/h2-5,10H,1H3. The molecule has 4 heteroatoms. The van der Waals surface area contributed by atoms with Crippen molar-refractivity contribution < 1.29 is 4.42 Å². The van der Waals surface area contributed by atoms with Gasteiger partial charge < -0.3 is 4.42 Å². The Morgan fingerprint density at radius 3 is 2.71 bits per heavy atom. The summed E-state index contributed by atoms with van der Waals surface area (Å²) in [5.74, 6) is 0.884. The van der Waals surface area contributed by atoms with Gasteiger partial charge in [-0.3, -0.25) is 0 Å². The zero-order chi connectivity index (χ0) is 10.1. The Kier molecular flexibility index (Phi) is 3.00. The summed E-state index contributed by atoms with van der Waals surface area (Å²) < 4.78 is 6.32. The van der Waals surface area contributed by atoms with Crippen molar-refractivity contribution in [2.45, 2.75) is 12.3 Å². The van der Waals surface area contributed by atoms with Crippen molar-refractivity contribution in [2.24, 2.45) is 0 Å². The zero-order valence-electron chi connectivity index (χ0n) is 7.46. The van der Waals surface area contributed by atoms with Crippen LogP contribution in [0.15, 0.2) is 32.7 Å². The lowest BCUT2D eigenvalue weighted by Crippen LogP contribution is -1.89. The number of hydrogen-bond donors (Lipinski definition) is 0. The summed E-state index contributed by atoms with van der Waals surface area (Å²) in [6.45, 7) is 1.92. The summed E-state index contributed by atoms with van der Waals surface area (Å²) in [5.41, 5.74) is 1.04. The molecule has 2 aromatic rings. The Labute approximate surface area is 99.8 Å². The molecule has 0 bridgehead atoms. The second-order valence-electron chi connectivity index (χ2n) is 2.94. The second-order valence-corrected chi connectivity index (χ2v) is 5.87. The van der Waals surface area contributed by atoms with E-state index in [0.717, 1.165) is 20.0 Å². The number of rotatable bonds is 2. The van der Waals surface area contributed by atoms with Gasteiger partial charge in [-0.25, -0.2) is 0 Å². The molecule has 0 N–H and O–H groups in total. The van der Waals surface area contributed by atoms with Crippen LogP contribution in [0.5, 0.6) is 0 Å². The molecule has 2 rings (SSSR count). The average molecular weight is 292 g/mol. The number of alkyl halides is 1. The van der Waals surface area contributed by atoms with Crippen LogP contribution >= 0.6 is 38.9 Å². The van der Waals surface area contributed by atoms with Gasteiger partial charge in [0, 0.05) is 10.4 Å². The summed E-state index contributed by atoms with van der Waals surface area (Å²) in [6, 6.07) is 5.95. The highest BCUT2D eigenvalue weighted by Crippen LogP contribution is 2.37. The van der Waals surface area contributed by atoms with E-state index >= 15 is 0 Å². The molecule has 74 valence electrons. The highest BCUT2D eigenvalue weighted by molar-refractivity contribution is 9.11. The maximum absolute atomic E-state index is 6.32. The Morgan fingerprint density at radius 2 is 2.21 bits per heavy atom. The Bertz CT molecular complexity index is 435. The minimum Gasteiger partial charge on any atom is -0.469 e. The van der Waals surface area contributed by atoms with Crippen molar-refractivity contribution in [3.8, 4) is 0 Å². The van der Waals surface area contributed by atoms with E-state index in [4.69, 9.17) is 16.0 Å². The first kappa shape index (κ1) is 10.3. The lowest BCUT2D eigenvalue weighted by Gasteiger charge is -2.04. The first-order valence-corrected chi connectivity index (χ1v) is 6.16. The smallest absolute Gasteiger partial charge is 0.105 e. The van der Waals surface area contributed by atoms with E-state index in [0.29, 0.717) is 0 Å². The number of hydrogen-bond acceptors (Lipinski definition) is 2. The normalized spacial score (nSPS) is 13.1. The lowest BCUT2D eigenvalue weighted by atomic mass is 10.1. The topological polar surface area (TPSA) is 13.1 Å². The largest absolute Gasteiger partial charge is 0.469 e. The Balaban J connectivity index is 2.33. The molecule has 2 heterocycles. The predicted octanol–water partition coefficient (Wildman–Crippen LogP) is 4.74. The van der Waals surface area contributed by atoms with Crippen LogP contribution in [-0.2, 0) is 0 Å². The molecule has 0 fully saturated rings. The van der Waals surface area contributed by atoms with E-state index in [9.17, 15) is 0 Å². The van der Waals surface area contributed by atoms with Gasteiger partial charge in [0.2, 0.25) is 0 Å². The van der Waals surface area contributed by atoms with Gasteiger partial charge in [0.15, 0.2) is 0 Å². The summed E-state index contributed by atoms with van der Waals surface area (Å²) in [5, 5.41) is -0.106. The van der Waals surface area contributed by atoms with Crippen molar-refractivity contribution in [2.75, 3.05) is 0 Å². The van der Waals surface area contributed by atoms with Gasteiger partial charge in [-0.1, -0.05) is 0 Å². The third kappa shape index (κ3) is 1.90. The predicted molar refractivity (Wildman–Crippen MR) is 63.2 cm³/mol. The fourth-order valence-electron chi connectivity index (χ4n) is 1.28. The van der Waals surface area contributed by atoms with Gasteiger partial charge in [-0.2, -0.15) is 0 Å². The fourth-order valence-corrected chi connectivity index (χ4v) is 3.13. The average Bonchev–Trinajstić information content (AvgIpc) is 2.73. The third-order valence-electron chi connectivity index (χ3n) is 2.02. The van der Waals surface area contributed by atoms with E-state index in [1.165, 1.54) is 0 Å². The first-order valence-electron chi connectivity index (χ1n) is 4.12. The highest BCUT2D eigenvalue weighted by Gasteiger charge is 2.16. The van der Waals surface area contributed by atoms with Crippen LogP contribution in [-0.4, -0.2) is 0 Å². The number of aryl methyl sites for hydroxylation is 1. The van der Waals surface area contributed by atoms with Crippen LogP contribution in [0.25, 0.3) is 0 Å². The number of thiophene rings is 1. The molecule has 0 aliphatic carbocycles. The molecule has 0 spiro atoms. The van der Waals surface area contributed by atoms with Crippen LogP contribution in [0, 0.1) is 6.92 Å². The molecule has 0 radical (unpaired) electrons. The molecule has 2 aromatic heterocycles. The monoisotopic (exact) mass is 290 g/mol. The molecular formula is C10H8BrClOS. The lowest BCUT2D eigenvalue weighted by molar-refractivity contribution is 0.530. The second kappa shape index (κ2) is 4.09. The molecule has 1 atom stereocenters. The van der Waals surface area contributed by atoms with Crippen LogP contribution < -0.4 is 0 Å². The van der Waals surface area contributed by atoms with Gasteiger partial charge in [-0.15, -0.1) is 22.9 Å². The summed E-state index contributed by atoms with van der Waals surface area (Å²) in [4.78, 5) is 1.13. The van der Waals surface area contributed by atoms with Gasteiger partial charge in [0.25, 0.3) is 0 Å². The fraction of sp³-hybridized carbons (Fsp3) is 0.200. The molecule has 0 aliphatic heterocycles. The number of furan rings is 1. The summed E-state index contributed by atoms with van der Waals surface area (Å²) in [7, 11) is 0. The minimum atomic E-state index is -0.106. The SMILES string of the molecule is Cc1occc1C(Cl)c1ccc(Br)s1. The molecule has 0 saturated heterocycles. The molecule has 0 saturated carbocycles. The Hall–Kier alpha value is -0.250. The van der Waals surface area contributed by atoms with Gasteiger partial charge in [0.1, 0.15) is 5.76 Å². The minimum absolute atomic E-state index is 0.106. The van der Waals surface area contributed by atoms with Crippen LogP contribution in [0.3, 0.4) is 0 Å².